The summed E-state index contributed by atoms with van der Waals surface area (Å²) in [6.45, 7) is 2.46. The van der Waals surface area contributed by atoms with Crippen molar-refractivity contribution >= 4 is 33.7 Å². The highest BCUT2D eigenvalue weighted by Gasteiger charge is 2.13. The number of fused-ring (bicyclic) bond motifs is 2. The van der Waals surface area contributed by atoms with Gasteiger partial charge in [0.25, 0.3) is 5.91 Å². The molecule has 35 heavy (non-hydrogen) atoms. The number of phenolic OH excluding ortho intramolecular Hbond substituents is 1. The Morgan fingerprint density at radius 1 is 0.886 bits per heavy atom. The number of hydrogen-bond donors (Lipinski definition) is 2. The number of nitrogens with one attached hydrogen (secondary N) is 1. The van der Waals surface area contributed by atoms with Crippen LogP contribution in [0.15, 0.2) is 102 Å². The SMILES string of the molecule is Cc1ccc(COc2ccc3ccccc3c2C=NNC(=O)c2cc3ccccc3cc2O)cc1. The van der Waals surface area contributed by atoms with Gasteiger partial charge in [-0.3, -0.25) is 4.79 Å². The number of phenols is 1. The first-order valence-electron chi connectivity index (χ1n) is 11.3. The van der Waals surface area contributed by atoms with E-state index in [9.17, 15) is 9.90 Å². The number of rotatable bonds is 6. The highest BCUT2D eigenvalue weighted by Crippen LogP contribution is 2.28. The molecule has 0 saturated carbocycles. The van der Waals surface area contributed by atoms with Crippen molar-refractivity contribution in [2.45, 2.75) is 13.5 Å². The van der Waals surface area contributed by atoms with E-state index in [2.05, 4.69) is 29.6 Å². The minimum Gasteiger partial charge on any atom is -0.507 e. The predicted molar refractivity (Wildman–Crippen MR) is 140 cm³/mol. The quantitative estimate of drug-likeness (QED) is 0.229. The second kappa shape index (κ2) is 9.69. The molecule has 172 valence electrons. The molecule has 0 radical (unpaired) electrons. The van der Waals surface area contributed by atoms with Crippen LogP contribution in [0, 0.1) is 6.92 Å². The number of carbonyl (C=O) groups excluding carboxylic acids is 1. The van der Waals surface area contributed by atoms with Gasteiger partial charge in [0.05, 0.1) is 11.8 Å². The van der Waals surface area contributed by atoms with E-state index >= 15 is 0 Å². The van der Waals surface area contributed by atoms with Gasteiger partial charge in [0.15, 0.2) is 0 Å². The van der Waals surface area contributed by atoms with Crippen molar-refractivity contribution in [1.29, 1.82) is 0 Å². The molecule has 0 aromatic heterocycles. The average molecular weight is 461 g/mol. The number of carbonyl (C=O) groups is 1. The van der Waals surface area contributed by atoms with E-state index in [-0.39, 0.29) is 11.3 Å². The minimum absolute atomic E-state index is 0.0938. The van der Waals surface area contributed by atoms with E-state index in [4.69, 9.17) is 4.74 Å². The predicted octanol–water partition coefficient (Wildman–Crippen LogP) is 6.35. The third-order valence-corrected chi connectivity index (χ3v) is 5.91. The molecule has 1 amide bonds. The molecule has 0 aliphatic carbocycles. The molecule has 0 saturated heterocycles. The molecule has 0 bridgehead atoms. The van der Waals surface area contributed by atoms with Gasteiger partial charge < -0.3 is 9.84 Å². The first-order valence-corrected chi connectivity index (χ1v) is 11.3. The largest absolute Gasteiger partial charge is 0.507 e. The van der Waals surface area contributed by atoms with Crippen molar-refractivity contribution in [3.63, 3.8) is 0 Å². The van der Waals surface area contributed by atoms with Crippen molar-refractivity contribution in [2.75, 3.05) is 0 Å². The third-order valence-electron chi connectivity index (χ3n) is 5.91. The molecule has 2 N–H and O–H groups in total. The smallest absolute Gasteiger partial charge is 0.275 e. The number of aromatic hydroxyl groups is 1. The van der Waals surface area contributed by atoms with Gasteiger partial charge in [0, 0.05) is 5.56 Å². The van der Waals surface area contributed by atoms with Crippen LogP contribution in [0.4, 0.5) is 0 Å². The number of amides is 1. The Bertz CT molecular complexity index is 1560. The van der Waals surface area contributed by atoms with E-state index in [0.717, 1.165) is 32.7 Å². The second-order valence-corrected chi connectivity index (χ2v) is 8.39. The Labute approximate surface area is 203 Å². The lowest BCUT2D eigenvalue weighted by molar-refractivity contribution is 0.0952. The number of hydrogen-bond acceptors (Lipinski definition) is 4. The summed E-state index contributed by atoms with van der Waals surface area (Å²) in [6.07, 6.45) is 1.59. The van der Waals surface area contributed by atoms with Crippen molar-refractivity contribution in [2.24, 2.45) is 5.10 Å². The van der Waals surface area contributed by atoms with Crippen LogP contribution in [0.1, 0.15) is 27.0 Å². The van der Waals surface area contributed by atoms with Gasteiger partial charge in [-0.15, -0.1) is 0 Å². The molecule has 5 nitrogen and oxygen atoms in total. The Morgan fingerprint density at radius 3 is 2.34 bits per heavy atom. The van der Waals surface area contributed by atoms with Crippen LogP contribution in [0.5, 0.6) is 11.5 Å². The Balaban J connectivity index is 1.40. The fraction of sp³-hybridized carbons (Fsp3) is 0.0667. The molecule has 0 aliphatic rings. The summed E-state index contributed by atoms with van der Waals surface area (Å²) in [6, 6.07) is 30.8. The van der Waals surface area contributed by atoms with Gasteiger partial charge >= 0.3 is 0 Å². The first kappa shape index (κ1) is 22.2. The summed E-state index contributed by atoms with van der Waals surface area (Å²) >= 11 is 0. The molecular formula is C30H24N2O3. The number of nitrogens with zero attached hydrogens (tertiary/aromatic N) is 1. The van der Waals surface area contributed by atoms with Crippen LogP contribution >= 0.6 is 0 Å². The Hall–Kier alpha value is -4.64. The average Bonchev–Trinajstić information content (AvgIpc) is 2.88. The van der Waals surface area contributed by atoms with Crippen LogP contribution in [-0.2, 0) is 6.61 Å². The zero-order chi connectivity index (χ0) is 24.2. The molecule has 0 fully saturated rings. The molecule has 5 aromatic carbocycles. The highest BCUT2D eigenvalue weighted by molar-refractivity contribution is 6.04. The van der Waals surface area contributed by atoms with Crippen molar-refractivity contribution in [1.82, 2.24) is 5.43 Å². The fourth-order valence-corrected chi connectivity index (χ4v) is 4.01. The summed E-state index contributed by atoms with van der Waals surface area (Å²) in [5.74, 6) is 0.0753. The lowest BCUT2D eigenvalue weighted by Gasteiger charge is -2.12. The minimum atomic E-state index is -0.494. The molecular weight excluding hydrogens is 436 g/mol. The first-order chi connectivity index (χ1) is 17.1. The molecule has 5 rings (SSSR count). The van der Waals surface area contributed by atoms with Crippen LogP contribution in [0.3, 0.4) is 0 Å². The van der Waals surface area contributed by atoms with Gasteiger partial charge in [0.1, 0.15) is 18.1 Å². The highest BCUT2D eigenvalue weighted by atomic mass is 16.5. The number of benzene rings is 5. The molecule has 0 spiro atoms. The van der Waals surface area contributed by atoms with Crippen LogP contribution in [-0.4, -0.2) is 17.2 Å². The molecule has 0 atom stereocenters. The second-order valence-electron chi connectivity index (χ2n) is 8.39. The lowest BCUT2D eigenvalue weighted by atomic mass is 10.0. The van der Waals surface area contributed by atoms with Crippen molar-refractivity contribution in [3.05, 3.63) is 119 Å². The van der Waals surface area contributed by atoms with E-state index in [1.807, 2.05) is 72.8 Å². The Morgan fingerprint density at radius 2 is 1.57 bits per heavy atom. The van der Waals surface area contributed by atoms with Crippen molar-refractivity contribution < 1.29 is 14.6 Å². The van der Waals surface area contributed by atoms with E-state index in [1.54, 1.807) is 18.3 Å². The summed E-state index contributed by atoms with van der Waals surface area (Å²) in [4.78, 5) is 12.8. The van der Waals surface area contributed by atoms with Crippen LogP contribution in [0.2, 0.25) is 0 Å². The van der Waals surface area contributed by atoms with E-state index < -0.39 is 5.91 Å². The van der Waals surface area contributed by atoms with Gasteiger partial charge in [-0.05, 0) is 52.2 Å². The summed E-state index contributed by atoms with van der Waals surface area (Å²) in [5.41, 5.74) is 5.72. The number of ether oxygens (including phenoxy) is 1. The maximum Gasteiger partial charge on any atom is 0.275 e. The maximum absolute atomic E-state index is 12.8. The number of aryl methyl sites for hydroxylation is 1. The molecule has 5 aromatic rings. The van der Waals surface area contributed by atoms with Gasteiger partial charge in [-0.1, -0.05) is 84.4 Å². The van der Waals surface area contributed by atoms with Gasteiger partial charge in [-0.25, -0.2) is 5.43 Å². The van der Waals surface area contributed by atoms with E-state index in [1.165, 1.54) is 5.56 Å². The maximum atomic E-state index is 12.8. The molecule has 0 aliphatic heterocycles. The summed E-state index contributed by atoms with van der Waals surface area (Å²) in [7, 11) is 0. The van der Waals surface area contributed by atoms with Crippen LogP contribution < -0.4 is 10.2 Å². The molecule has 0 unspecified atom stereocenters. The zero-order valence-corrected chi connectivity index (χ0v) is 19.2. The topological polar surface area (TPSA) is 70.9 Å². The summed E-state index contributed by atoms with van der Waals surface area (Å²) < 4.78 is 6.14. The standard InChI is InChI=1S/C30H24N2O3/c1-20-10-12-21(13-11-20)19-35-29-15-14-22-6-4-5-9-25(22)27(29)18-31-32-30(34)26-16-23-7-2-3-8-24(23)17-28(26)33/h2-18,33H,19H2,1H3,(H,32,34). The molecule has 0 heterocycles. The normalized spacial score (nSPS) is 11.2. The monoisotopic (exact) mass is 460 g/mol. The number of hydrazone groups is 1. The van der Waals surface area contributed by atoms with E-state index in [0.29, 0.717) is 12.4 Å². The van der Waals surface area contributed by atoms with Crippen LogP contribution in [0.25, 0.3) is 21.5 Å². The molecule has 5 heteroatoms. The van der Waals surface area contributed by atoms with Gasteiger partial charge in [-0.2, -0.15) is 5.10 Å². The fourth-order valence-electron chi connectivity index (χ4n) is 4.01. The Kier molecular flexibility index (Phi) is 6.14. The van der Waals surface area contributed by atoms with Crippen molar-refractivity contribution in [3.8, 4) is 11.5 Å². The van der Waals surface area contributed by atoms with Gasteiger partial charge in [0.2, 0.25) is 0 Å². The third kappa shape index (κ3) is 4.84. The zero-order valence-electron chi connectivity index (χ0n) is 19.2. The lowest BCUT2D eigenvalue weighted by Crippen LogP contribution is -2.17. The summed E-state index contributed by atoms with van der Waals surface area (Å²) in [5, 5.41) is 18.3.